The molecule has 0 aliphatic heterocycles. The zero-order valence-corrected chi connectivity index (χ0v) is 30.3. The van der Waals surface area contributed by atoms with Crippen LogP contribution in [0.1, 0.15) is 43.9 Å². The van der Waals surface area contributed by atoms with Gasteiger partial charge in [-0.2, -0.15) is 9.97 Å². The van der Waals surface area contributed by atoms with Crippen molar-refractivity contribution in [3.63, 3.8) is 0 Å². The van der Waals surface area contributed by atoms with E-state index in [1.54, 1.807) is 0 Å². The van der Waals surface area contributed by atoms with E-state index in [-0.39, 0.29) is 5.41 Å². The minimum absolute atomic E-state index is 0.182. The lowest BCUT2D eigenvalue weighted by molar-refractivity contribution is 0.661. The second-order valence-corrected chi connectivity index (χ2v) is 15.3. The minimum Gasteiger partial charge on any atom is -0.455 e. The summed E-state index contributed by atoms with van der Waals surface area (Å²) in [5, 5.41) is 4.37. The molecular formula is C49H36N4O. The number of nitrogens with zero attached hydrogens (tertiary/aromatic N) is 4. The van der Waals surface area contributed by atoms with Crippen LogP contribution in [0.5, 0.6) is 0 Å². The van der Waals surface area contributed by atoms with Gasteiger partial charge in [-0.25, -0.2) is 4.98 Å². The van der Waals surface area contributed by atoms with E-state index in [2.05, 4.69) is 147 Å². The van der Waals surface area contributed by atoms with Gasteiger partial charge in [-0.1, -0.05) is 136 Å². The highest BCUT2D eigenvalue weighted by molar-refractivity contribution is 6.24. The second-order valence-electron chi connectivity index (χ2n) is 15.3. The van der Waals surface area contributed by atoms with Gasteiger partial charge in [0, 0.05) is 32.7 Å². The summed E-state index contributed by atoms with van der Waals surface area (Å²) in [6.07, 6.45) is 7.68. The number of allylic oxidation sites excluding steroid dienone is 4. The molecule has 2 aliphatic carbocycles. The van der Waals surface area contributed by atoms with Crippen molar-refractivity contribution in [3.05, 3.63) is 162 Å². The molecule has 11 rings (SSSR count). The Morgan fingerprint density at radius 2 is 1.35 bits per heavy atom. The first kappa shape index (κ1) is 31.0. The predicted octanol–water partition coefficient (Wildman–Crippen LogP) is 12.5. The Bertz CT molecular complexity index is 3050. The van der Waals surface area contributed by atoms with Crippen LogP contribution in [0.4, 0.5) is 0 Å². The molecule has 54 heavy (non-hydrogen) atoms. The maximum atomic E-state index is 6.73. The summed E-state index contributed by atoms with van der Waals surface area (Å²) in [5.74, 6) is 2.30. The van der Waals surface area contributed by atoms with Gasteiger partial charge < -0.3 is 4.42 Å². The summed E-state index contributed by atoms with van der Waals surface area (Å²) in [5.41, 5.74) is 13.2. The maximum Gasteiger partial charge on any atom is 0.238 e. The Morgan fingerprint density at radius 3 is 2.17 bits per heavy atom. The fraction of sp³-hybridized carbons (Fsp3) is 0.122. The summed E-state index contributed by atoms with van der Waals surface area (Å²) in [4.78, 5) is 15.7. The van der Waals surface area contributed by atoms with Gasteiger partial charge in [0.1, 0.15) is 11.2 Å². The smallest absolute Gasteiger partial charge is 0.238 e. The van der Waals surface area contributed by atoms with Gasteiger partial charge in [0.05, 0.1) is 16.4 Å². The molecule has 0 amide bonds. The van der Waals surface area contributed by atoms with Crippen molar-refractivity contribution in [1.82, 2.24) is 19.5 Å². The van der Waals surface area contributed by atoms with E-state index in [4.69, 9.17) is 19.4 Å². The first-order valence-electron chi connectivity index (χ1n) is 18.8. The molecule has 3 aromatic heterocycles. The zero-order valence-electron chi connectivity index (χ0n) is 30.3. The van der Waals surface area contributed by atoms with Crippen molar-refractivity contribution >= 4 is 49.3 Å². The third-order valence-corrected chi connectivity index (χ3v) is 11.7. The number of aromatic nitrogens is 4. The van der Waals surface area contributed by atoms with Crippen LogP contribution >= 0.6 is 0 Å². The van der Waals surface area contributed by atoms with Crippen molar-refractivity contribution in [2.45, 2.75) is 32.6 Å². The molecule has 1 unspecified atom stereocenters. The Morgan fingerprint density at radius 1 is 0.630 bits per heavy atom. The molecule has 0 fully saturated rings. The van der Waals surface area contributed by atoms with Gasteiger partial charge in [-0.05, 0) is 76.1 Å². The molecule has 0 N–H and O–H groups in total. The molecule has 9 aromatic rings. The number of benzene rings is 6. The standard InChI is InChI=1S/C49H36N4O/c1-29-13-7-8-16-33(29)30-21-23-32(24-22-30)47-50-46(31-14-5-4-6-15-31)51-48(52-47)53-41-26-25-36-35-18-10-12-20-43(35)54-45(36)44(41)38-27-37-34-17-9-11-19-39(34)49(2,3)40(37)28-42(38)53/h4-12,14-29H,13H2,1-3H3. The number of rotatable bonds is 4. The lowest BCUT2D eigenvalue weighted by Gasteiger charge is -2.21. The van der Waals surface area contributed by atoms with Gasteiger partial charge >= 0.3 is 0 Å². The first-order valence-corrected chi connectivity index (χ1v) is 18.8. The monoisotopic (exact) mass is 696 g/mol. The van der Waals surface area contributed by atoms with Gasteiger partial charge in [0.25, 0.3) is 0 Å². The summed E-state index contributed by atoms with van der Waals surface area (Å²) >= 11 is 0. The van der Waals surface area contributed by atoms with Gasteiger partial charge in [0.2, 0.25) is 5.95 Å². The molecule has 0 spiro atoms. The minimum atomic E-state index is -0.182. The third-order valence-electron chi connectivity index (χ3n) is 11.7. The maximum absolute atomic E-state index is 6.73. The number of furan rings is 1. The Labute approximate surface area is 313 Å². The number of fused-ring (bicyclic) bond motifs is 10. The largest absolute Gasteiger partial charge is 0.455 e. The zero-order chi connectivity index (χ0) is 36.1. The van der Waals surface area contributed by atoms with E-state index in [0.29, 0.717) is 23.5 Å². The van der Waals surface area contributed by atoms with Crippen molar-refractivity contribution in [1.29, 1.82) is 0 Å². The average Bonchev–Trinajstić information content (AvgIpc) is 3.83. The predicted molar refractivity (Wildman–Crippen MR) is 221 cm³/mol. The lowest BCUT2D eigenvalue weighted by atomic mass is 9.82. The normalized spacial score (nSPS) is 16.0. The summed E-state index contributed by atoms with van der Waals surface area (Å²) < 4.78 is 8.96. The highest BCUT2D eigenvalue weighted by Gasteiger charge is 2.36. The number of hydrogen-bond acceptors (Lipinski definition) is 4. The quantitative estimate of drug-likeness (QED) is 0.184. The summed E-state index contributed by atoms with van der Waals surface area (Å²) in [6.45, 7) is 6.94. The molecule has 6 aromatic carbocycles. The average molecular weight is 697 g/mol. The molecule has 1 atom stereocenters. The van der Waals surface area contributed by atoms with E-state index < -0.39 is 0 Å². The highest BCUT2D eigenvalue weighted by Crippen LogP contribution is 2.51. The Kier molecular flexibility index (Phi) is 6.57. The van der Waals surface area contributed by atoms with Crippen LogP contribution < -0.4 is 0 Å². The van der Waals surface area contributed by atoms with E-state index in [0.717, 1.165) is 61.3 Å². The third kappa shape index (κ3) is 4.48. The molecule has 0 saturated carbocycles. The van der Waals surface area contributed by atoms with Crippen LogP contribution in [0.3, 0.4) is 0 Å². The topological polar surface area (TPSA) is 56.7 Å². The molecule has 5 nitrogen and oxygen atoms in total. The molecular weight excluding hydrogens is 661 g/mol. The van der Waals surface area contributed by atoms with E-state index in [1.165, 1.54) is 33.4 Å². The fourth-order valence-electron chi connectivity index (χ4n) is 8.94. The Balaban J connectivity index is 1.21. The van der Waals surface area contributed by atoms with Crippen molar-refractivity contribution < 1.29 is 4.42 Å². The van der Waals surface area contributed by atoms with E-state index in [1.807, 2.05) is 24.3 Å². The number of hydrogen-bond donors (Lipinski definition) is 0. The SMILES string of the molecule is CC1CC=CC=C1c1ccc(-c2nc(-c3ccccc3)nc(-n3c4cc5c(cc4c4c6oc7ccccc7c6ccc43)-c3ccccc3C5(C)C)n2)cc1. The van der Waals surface area contributed by atoms with Gasteiger partial charge in [0.15, 0.2) is 11.6 Å². The van der Waals surface area contributed by atoms with E-state index >= 15 is 0 Å². The van der Waals surface area contributed by atoms with Crippen LogP contribution in [-0.4, -0.2) is 19.5 Å². The molecule has 258 valence electrons. The Hall–Kier alpha value is -6.59. The van der Waals surface area contributed by atoms with Gasteiger partial charge in [-0.15, -0.1) is 0 Å². The molecule has 0 bridgehead atoms. The van der Waals surface area contributed by atoms with E-state index in [9.17, 15) is 0 Å². The summed E-state index contributed by atoms with van der Waals surface area (Å²) in [7, 11) is 0. The molecule has 3 heterocycles. The second kappa shape index (κ2) is 11.5. The van der Waals surface area contributed by atoms with Crippen LogP contribution in [0.25, 0.3) is 89.2 Å². The van der Waals surface area contributed by atoms with Crippen LogP contribution in [0.15, 0.2) is 150 Å². The molecule has 5 heteroatoms. The molecule has 0 saturated heterocycles. The summed E-state index contributed by atoms with van der Waals surface area (Å²) in [6, 6.07) is 45.1. The first-order chi connectivity index (χ1) is 26.4. The van der Waals surface area contributed by atoms with Crippen molar-refractivity contribution in [2.24, 2.45) is 5.92 Å². The fourth-order valence-corrected chi connectivity index (χ4v) is 8.94. The van der Waals surface area contributed by atoms with Crippen LogP contribution in [0, 0.1) is 5.92 Å². The van der Waals surface area contributed by atoms with Crippen molar-refractivity contribution in [3.8, 4) is 39.9 Å². The van der Waals surface area contributed by atoms with Crippen LogP contribution in [-0.2, 0) is 5.41 Å². The molecule has 2 aliphatic rings. The number of para-hydroxylation sites is 1. The molecule has 0 radical (unpaired) electrons. The highest BCUT2D eigenvalue weighted by atomic mass is 16.3. The van der Waals surface area contributed by atoms with Gasteiger partial charge in [-0.3, -0.25) is 4.57 Å². The van der Waals surface area contributed by atoms with Crippen LogP contribution in [0.2, 0.25) is 0 Å². The van der Waals surface area contributed by atoms with Crippen molar-refractivity contribution in [2.75, 3.05) is 0 Å². The lowest BCUT2D eigenvalue weighted by Crippen LogP contribution is -2.15.